The minimum absolute atomic E-state index is 0.0760. The summed E-state index contributed by atoms with van der Waals surface area (Å²) in [5, 5.41) is 0. The quantitative estimate of drug-likeness (QED) is 0.0165. The lowest BCUT2D eigenvalue weighted by Gasteiger charge is -2.24. The van der Waals surface area contributed by atoms with E-state index in [0.29, 0.717) is 17.4 Å². The van der Waals surface area contributed by atoms with Gasteiger partial charge < -0.3 is 18.9 Å². The molecular formula is C46H83NO7P+. The third-order valence-corrected chi connectivity index (χ3v) is 9.81. The number of nitrogens with zero attached hydrogens (tertiary/aromatic N) is 1. The molecule has 0 amide bonds. The van der Waals surface area contributed by atoms with Gasteiger partial charge in [-0.15, -0.1) is 0 Å². The van der Waals surface area contributed by atoms with E-state index in [9.17, 15) is 14.3 Å². The molecule has 2 atom stereocenters. The van der Waals surface area contributed by atoms with Crippen molar-refractivity contribution in [2.75, 3.05) is 47.5 Å². The SMILES string of the molecule is CCCCC/C=C\C/C=C\C/C=C\C/C=C\CCCC(=O)OCC(COP(=O)(O)OCC[N+](C)(C)C)O/C=C\CCCCCC/C=C\CCCCCCCC. The fraction of sp³-hybridized carbons (Fsp3) is 0.717. The Morgan fingerprint density at radius 2 is 1.02 bits per heavy atom. The van der Waals surface area contributed by atoms with Gasteiger partial charge in [0.2, 0.25) is 0 Å². The molecule has 0 aromatic rings. The van der Waals surface area contributed by atoms with Crippen LogP contribution >= 0.6 is 7.82 Å². The van der Waals surface area contributed by atoms with Crippen molar-refractivity contribution in [3.05, 3.63) is 73.1 Å². The molecule has 2 unspecified atom stereocenters. The van der Waals surface area contributed by atoms with Crippen LogP contribution < -0.4 is 0 Å². The summed E-state index contributed by atoms with van der Waals surface area (Å²) in [5.41, 5.74) is 0. The normalized spacial score (nSPS) is 14.4. The highest BCUT2D eigenvalue weighted by Crippen LogP contribution is 2.43. The molecule has 318 valence electrons. The van der Waals surface area contributed by atoms with Gasteiger partial charge in [0.1, 0.15) is 19.8 Å². The van der Waals surface area contributed by atoms with E-state index in [1.54, 1.807) is 6.26 Å². The van der Waals surface area contributed by atoms with Gasteiger partial charge in [-0.2, -0.15) is 0 Å². The van der Waals surface area contributed by atoms with Gasteiger partial charge in [-0.05, 0) is 89.5 Å². The van der Waals surface area contributed by atoms with Crippen LogP contribution in [0.25, 0.3) is 0 Å². The van der Waals surface area contributed by atoms with Gasteiger partial charge in [-0.3, -0.25) is 13.8 Å². The summed E-state index contributed by atoms with van der Waals surface area (Å²) in [6, 6.07) is 0. The molecule has 0 aliphatic carbocycles. The van der Waals surface area contributed by atoms with Crippen LogP contribution in [0.5, 0.6) is 0 Å². The summed E-state index contributed by atoms with van der Waals surface area (Å²) < 4.78 is 34.7. The maximum atomic E-state index is 12.5. The minimum atomic E-state index is -4.28. The Labute approximate surface area is 338 Å². The second-order valence-corrected chi connectivity index (χ2v) is 16.9. The van der Waals surface area contributed by atoms with Gasteiger partial charge in [-0.1, -0.05) is 132 Å². The number of carbonyl (C=O) groups is 1. The highest BCUT2D eigenvalue weighted by Gasteiger charge is 2.25. The molecule has 0 aliphatic heterocycles. The number of unbranched alkanes of at least 4 members (excludes halogenated alkanes) is 15. The van der Waals surface area contributed by atoms with E-state index in [-0.39, 0.29) is 32.2 Å². The van der Waals surface area contributed by atoms with E-state index in [2.05, 4.69) is 74.6 Å². The lowest BCUT2D eigenvalue weighted by molar-refractivity contribution is -0.870. The highest BCUT2D eigenvalue weighted by molar-refractivity contribution is 7.47. The Hall–Kier alpha value is -2.22. The molecule has 0 rings (SSSR count). The number of hydrogen-bond donors (Lipinski definition) is 1. The summed E-state index contributed by atoms with van der Waals surface area (Å²) in [6.45, 7) is 4.78. The molecule has 0 saturated heterocycles. The van der Waals surface area contributed by atoms with Crippen LogP contribution in [0.1, 0.15) is 162 Å². The second-order valence-electron chi connectivity index (χ2n) is 15.4. The molecule has 0 saturated carbocycles. The summed E-state index contributed by atoms with van der Waals surface area (Å²) in [6.07, 6.45) is 50.4. The Bertz CT molecular complexity index is 1110. The monoisotopic (exact) mass is 793 g/mol. The average molecular weight is 793 g/mol. The summed E-state index contributed by atoms with van der Waals surface area (Å²) in [5.74, 6) is -0.336. The smallest absolute Gasteiger partial charge is 0.472 e. The Morgan fingerprint density at radius 1 is 0.582 bits per heavy atom. The molecule has 55 heavy (non-hydrogen) atoms. The first kappa shape index (κ1) is 52.8. The van der Waals surface area contributed by atoms with Gasteiger partial charge in [0.05, 0.1) is 34.0 Å². The molecule has 0 spiro atoms. The van der Waals surface area contributed by atoms with Crippen LogP contribution in [0, 0.1) is 0 Å². The van der Waals surface area contributed by atoms with Crippen LogP contribution in [-0.4, -0.2) is 69.0 Å². The molecule has 1 N–H and O–H groups in total. The van der Waals surface area contributed by atoms with Crippen LogP contribution in [-0.2, 0) is 27.9 Å². The first-order valence-electron chi connectivity index (χ1n) is 21.7. The molecule has 0 heterocycles. The molecule has 0 aliphatic rings. The molecular weight excluding hydrogens is 709 g/mol. The predicted octanol–water partition coefficient (Wildman–Crippen LogP) is 13.1. The third kappa shape index (κ3) is 42.8. The number of hydrogen-bond acceptors (Lipinski definition) is 6. The Balaban J connectivity index is 4.42. The maximum Gasteiger partial charge on any atom is 0.472 e. The molecule has 9 heteroatoms. The van der Waals surface area contributed by atoms with Crippen molar-refractivity contribution in [2.45, 2.75) is 168 Å². The van der Waals surface area contributed by atoms with Crippen molar-refractivity contribution >= 4 is 13.8 Å². The summed E-state index contributed by atoms with van der Waals surface area (Å²) in [4.78, 5) is 22.6. The number of allylic oxidation sites excluding steroid dienone is 11. The third-order valence-electron chi connectivity index (χ3n) is 8.83. The molecule has 0 aromatic heterocycles. The Kier molecular flexibility index (Phi) is 37.1. The van der Waals surface area contributed by atoms with E-state index < -0.39 is 13.9 Å². The Morgan fingerprint density at radius 3 is 1.56 bits per heavy atom. The van der Waals surface area contributed by atoms with Crippen LogP contribution in [0.4, 0.5) is 0 Å². The van der Waals surface area contributed by atoms with E-state index >= 15 is 0 Å². The number of likely N-dealkylation sites (N-methyl/N-ethyl adjacent to an activating group) is 1. The van der Waals surface area contributed by atoms with Crippen molar-refractivity contribution in [3.8, 4) is 0 Å². The van der Waals surface area contributed by atoms with Gasteiger partial charge in [0.15, 0.2) is 6.10 Å². The molecule has 8 nitrogen and oxygen atoms in total. The lowest BCUT2D eigenvalue weighted by Crippen LogP contribution is -2.37. The van der Waals surface area contributed by atoms with Crippen molar-refractivity contribution in [3.63, 3.8) is 0 Å². The number of quaternary nitrogens is 1. The first-order valence-corrected chi connectivity index (χ1v) is 23.2. The number of ether oxygens (including phenoxy) is 2. The number of phosphoric ester groups is 1. The standard InChI is InChI=1S/C46H82NO7P/c1-6-8-10-12-14-16-18-20-22-24-25-27-29-31-33-35-37-39-46(48)52-43-45(44-54-55(49,50)53-42-40-47(3,4)5)51-41-38-36-34-32-30-28-26-23-21-19-17-15-13-11-9-7-2/h14,16,20-23,25,27,31,33,38,41,45H,6-13,15,17-19,24,26,28-30,32,34-37,39-40,42-44H2,1-5H3/p+1/b16-14-,22-20-,23-21-,27-25-,33-31-,41-38-. The largest absolute Gasteiger partial charge is 0.492 e. The number of rotatable bonds is 39. The van der Waals surface area contributed by atoms with Gasteiger partial charge in [0, 0.05) is 6.42 Å². The zero-order valence-corrected chi connectivity index (χ0v) is 36.8. The van der Waals surface area contributed by atoms with Crippen molar-refractivity contribution in [2.24, 2.45) is 0 Å². The van der Waals surface area contributed by atoms with Crippen LogP contribution in [0.2, 0.25) is 0 Å². The number of esters is 1. The van der Waals surface area contributed by atoms with E-state index in [1.807, 2.05) is 27.2 Å². The zero-order chi connectivity index (χ0) is 40.6. The maximum absolute atomic E-state index is 12.5. The average Bonchev–Trinajstić information content (AvgIpc) is 3.14. The molecule has 0 aromatic carbocycles. The predicted molar refractivity (Wildman–Crippen MR) is 233 cm³/mol. The van der Waals surface area contributed by atoms with Gasteiger partial charge in [0.25, 0.3) is 0 Å². The molecule has 0 bridgehead atoms. The fourth-order valence-corrected chi connectivity index (χ4v) is 6.09. The fourth-order valence-electron chi connectivity index (χ4n) is 5.35. The molecule has 0 radical (unpaired) electrons. The first-order chi connectivity index (χ1) is 26.6. The van der Waals surface area contributed by atoms with Crippen molar-refractivity contribution < 1.29 is 37.3 Å². The minimum Gasteiger partial charge on any atom is -0.492 e. The summed E-state index contributed by atoms with van der Waals surface area (Å²) in [7, 11) is 1.63. The van der Waals surface area contributed by atoms with E-state index in [4.69, 9.17) is 18.5 Å². The van der Waals surface area contributed by atoms with Crippen molar-refractivity contribution in [1.29, 1.82) is 0 Å². The van der Waals surface area contributed by atoms with Gasteiger partial charge in [-0.25, -0.2) is 4.57 Å². The van der Waals surface area contributed by atoms with Gasteiger partial charge >= 0.3 is 13.8 Å². The van der Waals surface area contributed by atoms with E-state index in [0.717, 1.165) is 51.4 Å². The lowest BCUT2D eigenvalue weighted by atomic mass is 10.1. The number of carbonyl (C=O) groups excluding carboxylic acids is 1. The summed E-state index contributed by atoms with van der Waals surface area (Å²) >= 11 is 0. The van der Waals surface area contributed by atoms with E-state index in [1.165, 1.54) is 83.5 Å². The highest BCUT2D eigenvalue weighted by atomic mass is 31.2. The topological polar surface area (TPSA) is 91.3 Å². The molecule has 0 fully saturated rings. The zero-order valence-electron chi connectivity index (χ0n) is 35.9. The van der Waals surface area contributed by atoms with Crippen LogP contribution in [0.15, 0.2) is 73.1 Å². The van der Waals surface area contributed by atoms with Crippen LogP contribution in [0.3, 0.4) is 0 Å². The second kappa shape index (κ2) is 38.6. The number of phosphoric acid groups is 1. The van der Waals surface area contributed by atoms with Crippen molar-refractivity contribution in [1.82, 2.24) is 0 Å².